The number of nitro benzene ring substituents is 1. The van der Waals surface area contributed by atoms with Crippen molar-refractivity contribution in [2.75, 3.05) is 24.8 Å². The van der Waals surface area contributed by atoms with E-state index in [1.165, 1.54) is 25.3 Å². The van der Waals surface area contributed by atoms with Gasteiger partial charge in [-0.15, -0.1) is 0 Å². The van der Waals surface area contributed by atoms with E-state index in [1.807, 2.05) is 24.3 Å². The molecule has 3 aromatic rings. The Hall–Kier alpha value is -3.73. The number of aromatic nitrogens is 2. The summed E-state index contributed by atoms with van der Waals surface area (Å²) in [6.07, 6.45) is 1.55. The summed E-state index contributed by atoms with van der Waals surface area (Å²) in [6, 6.07) is 11.3. The fourth-order valence-electron chi connectivity index (χ4n) is 2.41. The highest BCUT2D eigenvalue weighted by molar-refractivity contribution is 7.99. The normalized spacial score (nSPS) is 10.4. The zero-order chi connectivity index (χ0) is 21.5. The largest absolute Gasteiger partial charge is 0.496 e. The summed E-state index contributed by atoms with van der Waals surface area (Å²) in [5, 5.41) is 14.0. The first-order valence-corrected chi connectivity index (χ1v) is 9.57. The molecule has 30 heavy (non-hydrogen) atoms. The number of amides is 1. The van der Waals surface area contributed by atoms with Gasteiger partial charge in [-0.25, -0.2) is 4.98 Å². The SMILES string of the molecule is COc1ccc(NC(=O)COC(=O)CSc2cnc3ccccc3n2)c([N+](=O)[O-])c1. The molecule has 154 valence electrons. The van der Waals surface area contributed by atoms with E-state index in [4.69, 9.17) is 9.47 Å². The number of ether oxygens (including phenoxy) is 2. The standard InChI is InChI=1S/C19H16N4O6S/c1-28-12-6-7-15(16(8-12)23(26)27)21-17(24)10-29-19(25)11-30-18-9-20-13-4-2-3-5-14(13)22-18/h2-9H,10-11H2,1H3,(H,21,24). The minimum absolute atomic E-state index is 0.0253. The van der Waals surface area contributed by atoms with Crippen LogP contribution in [0.1, 0.15) is 0 Å². The molecule has 11 heteroatoms. The molecule has 0 bridgehead atoms. The lowest BCUT2D eigenvalue weighted by molar-refractivity contribution is -0.384. The Bertz CT molecular complexity index is 1110. The summed E-state index contributed by atoms with van der Waals surface area (Å²) in [5.74, 6) is -1.12. The van der Waals surface area contributed by atoms with Gasteiger partial charge in [-0.1, -0.05) is 23.9 Å². The molecule has 0 spiro atoms. The van der Waals surface area contributed by atoms with Gasteiger partial charge in [0.15, 0.2) is 6.61 Å². The van der Waals surface area contributed by atoms with Gasteiger partial charge in [0.25, 0.3) is 11.6 Å². The molecule has 3 rings (SSSR count). The molecule has 1 N–H and O–H groups in total. The second-order valence-electron chi connectivity index (χ2n) is 5.83. The number of nitrogens with one attached hydrogen (secondary N) is 1. The number of para-hydroxylation sites is 2. The quantitative estimate of drug-likeness (QED) is 0.249. The van der Waals surface area contributed by atoms with Crippen molar-refractivity contribution in [2.24, 2.45) is 0 Å². The Balaban J connectivity index is 1.50. The summed E-state index contributed by atoms with van der Waals surface area (Å²) >= 11 is 1.13. The summed E-state index contributed by atoms with van der Waals surface area (Å²) in [6.45, 7) is -0.577. The number of hydrogen-bond donors (Lipinski definition) is 1. The fourth-order valence-corrected chi connectivity index (χ4v) is 3.05. The summed E-state index contributed by atoms with van der Waals surface area (Å²) in [5.41, 5.74) is 1.09. The Labute approximate surface area is 174 Å². The molecular weight excluding hydrogens is 412 g/mol. The van der Waals surface area contributed by atoms with E-state index in [-0.39, 0.29) is 22.9 Å². The molecule has 0 aliphatic heterocycles. The first-order valence-electron chi connectivity index (χ1n) is 8.59. The number of anilines is 1. The van der Waals surface area contributed by atoms with E-state index >= 15 is 0 Å². The van der Waals surface area contributed by atoms with Crippen molar-refractivity contribution in [1.29, 1.82) is 0 Å². The molecule has 0 radical (unpaired) electrons. The lowest BCUT2D eigenvalue weighted by atomic mass is 10.2. The van der Waals surface area contributed by atoms with E-state index in [2.05, 4.69) is 15.3 Å². The molecule has 0 fully saturated rings. The Kier molecular flexibility index (Phi) is 6.75. The van der Waals surface area contributed by atoms with Crippen LogP contribution < -0.4 is 10.1 Å². The predicted octanol–water partition coefficient (Wildman–Crippen LogP) is 2.82. The smallest absolute Gasteiger partial charge is 0.316 e. The summed E-state index contributed by atoms with van der Waals surface area (Å²) in [4.78, 5) is 43.0. The van der Waals surface area contributed by atoms with E-state index in [0.29, 0.717) is 10.5 Å². The number of carbonyl (C=O) groups is 2. The molecule has 10 nitrogen and oxygen atoms in total. The lowest BCUT2D eigenvalue weighted by Gasteiger charge is -2.08. The van der Waals surface area contributed by atoms with Crippen molar-refractivity contribution in [3.63, 3.8) is 0 Å². The van der Waals surface area contributed by atoms with Gasteiger partial charge < -0.3 is 14.8 Å². The van der Waals surface area contributed by atoms with Crippen LogP contribution in [0.3, 0.4) is 0 Å². The van der Waals surface area contributed by atoms with Crippen LogP contribution >= 0.6 is 11.8 Å². The number of rotatable bonds is 8. The van der Waals surface area contributed by atoms with Crippen molar-refractivity contribution in [2.45, 2.75) is 5.03 Å². The monoisotopic (exact) mass is 428 g/mol. The number of nitro groups is 1. The molecule has 1 heterocycles. The summed E-state index contributed by atoms with van der Waals surface area (Å²) < 4.78 is 9.85. The second-order valence-corrected chi connectivity index (χ2v) is 6.83. The van der Waals surface area contributed by atoms with Crippen LogP contribution in [-0.2, 0) is 14.3 Å². The molecular formula is C19H16N4O6S. The van der Waals surface area contributed by atoms with Crippen LogP contribution in [0.15, 0.2) is 53.7 Å². The number of nitrogens with zero attached hydrogens (tertiary/aromatic N) is 3. The Morgan fingerprint density at radius 1 is 1.20 bits per heavy atom. The molecule has 1 amide bonds. The van der Waals surface area contributed by atoms with Gasteiger partial charge in [0.1, 0.15) is 16.5 Å². The number of benzene rings is 2. The molecule has 0 saturated carbocycles. The molecule has 0 unspecified atom stereocenters. The first kappa shape index (κ1) is 21.0. The number of fused-ring (bicyclic) bond motifs is 1. The zero-order valence-electron chi connectivity index (χ0n) is 15.7. The minimum Gasteiger partial charge on any atom is -0.496 e. The third kappa shape index (κ3) is 5.41. The lowest BCUT2D eigenvalue weighted by Crippen LogP contribution is -2.22. The highest BCUT2D eigenvalue weighted by atomic mass is 32.2. The van der Waals surface area contributed by atoms with E-state index < -0.39 is 23.4 Å². The third-order valence-corrected chi connectivity index (χ3v) is 4.68. The topological polar surface area (TPSA) is 134 Å². The van der Waals surface area contributed by atoms with Gasteiger partial charge in [0.05, 0.1) is 41.1 Å². The molecule has 2 aromatic carbocycles. The third-order valence-electron chi connectivity index (χ3n) is 3.80. The maximum atomic E-state index is 12.0. The van der Waals surface area contributed by atoms with E-state index in [0.717, 1.165) is 17.3 Å². The second kappa shape index (κ2) is 9.65. The van der Waals surface area contributed by atoms with Gasteiger partial charge in [0, 0.05) is 0 Å². The van der Waals surface area contributed by atoms with Gasteiger partial charge in [-0.2, -0.15) is 0 Å². The number of carbonyl (C=O) groups excluding carboxylic acids is 2. The first-order chi connectivity index (χ1) is 14.5. The maximum absolute atomic E-state index is 12.0. The van der Waals surface area contributed by atoms with Crippen LogP contribution in [0.4, 0.5) is 11.4 Å². The van der Waals surface area contributed by atoms with Gasteiger partial charge in [-0.3, -0.25) is 24.7 Å². The molecule has 0 saturated heterocycles. The van der Waals surface area contributed by atoms with Crippen molar-refractivity contribution < 1.29 is 24.0 Å². The number of hydrogen-bond acceptors (Lipinski definition) is 9. The fraction of sp³-hybridized carbons (Fsp3) is 0.158. The number of thioether (sulfide) groups is 1. The predicted molar refractivity (Wildman–Crippen MR) is 109 cm³/mol. The number of esters is 1. The van der Waals surface area contributed by atoms with Gasteiger partial charge in [0.2, 0.25) is 0 Å². The van der Waals surface area contributed by atoms with Crippen molar-refractivity contribution >= 4 is 46.0 Å². The molecule has 0 aliphatic rings. The molecule has 0 aliphatic carbocycles. The average molecular weight is 428 g/mol. The maximum Gasteiger partial charge on any atom is 0.316 e. The molecule has 0 atom stereocenters. The number of methoxy groups -OCH3 is 1. The zero-order valence-corrected chi connectivity index (χ0v) is 16.5. The van der Waals surface area contributed by atoms with Crippen molar-refractivity contribution in [3.05, 3.63) is 58.8 Å². The van der Waals surface area contributed by atoms with Gasteiger partial charge >= 0.3 is 5.97 Å². The van der Waals surface area contributed by atoms with Crippen LogP contribution in [0.5, 0.6) is 5.75 Å². The van der Waals surface area contributed by atoms with Gasteiger partial charge in [-0.05, 0) is 24.3 Å². The van der Waals surface area contributed by atoms with E-state index in [1.54, 1.807) is 6.20 Å². The average Bonchev–Trinajstić information content (AvgIpc) is 2.76. The van der Waals surface area contributed by atoms with E-state index in [9.17, 15) is 19.7 Å². The highest BCUT2D eigenvalue weighted by Gasteiger charge is 2.18. The van der Waals surface area contributed by atoms with Crippen LogP contribution in [0, 0.1) is 10.1 Å². The highest BCUT2D eigenvalue weighted by Crippen LogP contribution is 2.28. The van der Waals surface area contributed by atoms with Crippen molar-refractivity contribution in [3.8, 4) is 5.75 Å². The molecule has 1 aromatic heterocycles. The van der Waals surface area contributed by atoms with Crippen LogP contribution in [0.25, 0.3) is 11.0 Å². The minimum atomic E-state index is -0.702. The van der Waals surface area contributed by atoms with Crippen LogP contribution in [-0.4, -0.2) is 46.2 Å². The Morgan fingerprint density at radius 2 is 1.97 bits per heavy atom. The van der Waals surface area contributed by atoms with Crippen LogP contribution in [0.2, 0.25) is 0 Å². The van der Waals surface area contributed by atoms with Crippen molar-refractivity contribution in [1.82, 2.24) is 9.97 Å². The summed E-state index contributed by atoms with van der Waals surface area (Å²) in [7, 11) is 1.37. The Morgan fingerprint density at radius 3 is 2.70 bits per heavy atom.